The standard InChI is InChI=1S/C26H30F4N2O4.2ClH/c1-2-35-23(25(33)34)11-16-3-6-19(7-4-16)36-10-9-31-24-20-14-32(15-21(20)24)13-17-12-18(27)5-8-22(17)26(28,29)30;;/h3-8,12,20-21,23-24,31H,2,9-11,13-15H2,1H3,(H,33,34);2*1H/t20-,21?,23-,24?;;/m0../s1. The number of carboxylic acids is 1. The molecule has 1 aliphatic heterocycles. The summed E-state index contributed by atoms with van der Waals surface area (Å²) in [4.78, 5) is 13.2. The lowest BCUT2D eigenvalue weighted by molar-refractivity contribution is -0.150. The average molecular weight is 583 g/mol. The molecule has 0 spiro atoms. The topological polar surface area (TPSA) is 71.0 Å². The van der Waals surface area contributed by atoms with Gasteiger partial charge >= 0.3 is 12.1 Å². The Morgan fingerprint density at radius 2 is 1.79 bits per heavy atom. The van der Waals surface area contributed by atoms with Crippen molar-refractivity contribution in [1.82, 2.24) is 10.2 Å². The monoisotopic (exact) mass is 582 g/mol. The SMILES string of the molecule is CCO[C@@H](Cc1ccc(OCCNC2C3CN(Cc4cc(F)ccc4C(F)(F)F)C[C@@H]32)cc1)C(=O)O.Cl.Cl. The number of alkyl halides is 3. The lowest BCUT2D eigenvalue weighted by Crippen LogP contribution is -2.33. The zero-order valence-electron chi connectivity index (χ0n) is 20.7. The summed E-state index contributed by atoms with van der Waals surface area (Å²) in [6, 6.07) is 10.2. The minimum absolute atomic E-state index is 0. The third-order valence-electron chi connectivity index (χ3n) is 6.77. The molecule has 4 rings (SSSR count). The van der Waals surface area contributed by atoms with Crippen LogP contribution < -0.4 is 10.1 Å². The van der Waals surface area contributed by atoms with Gasteiger partial charge in [-0.2, -0.15) is 13.2 Å². The Labute approximate surface area is 231 Å². The van der Waals surface area contributed by atoms with Crippen LogP contribution in [0.4, 0.5) is 17.6 Å². The Hall–Kier alpha value is -2.11. The summed E-state index contributed by atoms with van der Waals surface area (Å²) in [6.07, 6.45) is -5.09. The minimum Gasteiger partial charge on any atom is -0.492 e. The molecule has 1 heterocycles. The van der Waals surface area contributed by atoms with Crippen molar-refractivity contribution in [3.05, 3.63) is 65.0 Å². The third-order valence-corrected chi connectivity index (χ3v) is 6.77. The van der Waals surface area contributed by atoms with Crippen LogP contribution in [0.3, 0.4) is 0 Å². The maximum absolute atomic E-state index is 13.5. The number of rotatable bonds is 12. The van der Waals surface area contributed by atoms with Gasteiger partial charge in [-0.15, -0.1) is 24.8 Å². The van der Waals surface area contributed by atoms with Crippen LogP contribution in [0.5, 0.6) is 5.75 Å². The number of nitrogens with one attached hydrogen (secondary N) is 1. The molecule has 2 aromatic rings. The third kappa shape index (κ3) is 8.19. The van der Waals surface area contributed by atoms with E-state index in [0.29, 0.717) is 56.5 Å². The first kappa shape index (κ1) is 32.1. The molecule has 2 aromatic carbocycles. The largest absolute Gasteiger partial charge is 0.492 e. The summed E-state index contributed by atoms with van der Waals surface area (Å²) >= 11 is 0. The predicted octanol–water partition coefficient (Wildman–Crippen LogP) is 4.82. The lowest BCUT2D eigenvalue weighted by atomic mass is 10.1. The van der Waals surface area contributed by atoms with Gasteiger partial charge in [0.15, 0.2) is 6.10 Å². The van der Waals surface area contributed by atoms with Gasteiger partial charge in [0.25, 0.3) is 0 Å². The summed E-state index contributed by atoms with van der Waals surface area (Å²) in [5.41, 5.74) is 0.0432. The summed E-state index contributed by atoms with van der Waals surface area (Å²) in [6.45, 7) is 4.61. The van der Waals surface area contributed by atoms with E-state index in [1.165, 1.54) is 0 Å². The molecule has 2 unspecified atom stereocenters. The van der Waals surface area contributed by atoms with Crippen molar-refractivity contribution in [2.45, 2.75) is 38.2 Å². The summed E-state index contributed by atoms with van der Waals surface area (Å²) < 4.78 is 64.2. The Balaban J connectivity index is 0.00000253. The van der Waals surface area contributed by atoms with Gasteiger partial charge in [-0.3, -0.25) is 4.90 Å². The Morgan fingerprint density at radius 3 is 2.37 bits per heavy atom. The number of fused-ring (bicyclic) bond motifs is 1. The van der Waals surface area contributed by atoms with E-state index >= 15 is 0 Å². The van der Waals surface area contributed by atoms with Gasteiger partial charge in [0, 0.05) is 45.2 Å². The normalized spacial score (nSPS) is 21.1. The van der Waals surface area contributed by atoms with Crippen molar-refractivity contribution in [2.24, 2.45) is 11.8 Å². The maximum atomic E-state index is 13.5. The van der Waals surface area contributed by atoms with Gasteiger partial charge in [0.1, 0.15) is 18.2 Å². The van der Waals surface area contributed by atoms with Crippen molar-refractivity contribution < 1.29 is 36.9 Å². The van der Waals surface area contributed by atoms with Crippen LogP contribution in [-0.2, 0) is 28.7 Å². The number of carboxylic acid groups (broad SMARTS) is 1. The Morgan fingerprint density at radius 1 is 1.13 bits per heavy atom. The number of piperidine rings is 1. The highest BCUT2D eigenvalue weighted by Gasteiger charge is 2.55. The number of carbonyl (C=O) groups is 1. The molecule has 0 radical (unpaired) electrons. The second-order valence-corrected chi connectivity index (χ2v) is 9.28. The van der Waals surface area contributed by atoms with Crippen LogP contribution in [0, 0.1) is 17.7 Å². The molecule has 1 saturated carbocycles. The van der Waals surface area contributed by atoms with Crippen molar-refractivity contribution >= 4 is 30.8 Å². The van der Waals surface area contributed by atoms with Crippen LogP contribution >= 0.6 is 24.8 Å². The fraction of sp³-hybridized carbons (Fsp3) is 0.500. The van der Waals surface area contributed by atoms with E-state index in [0.717, 1.165) is 23.8 Å². The minimum atomic E-state index is -4.50. The summed E-state index contributed by atoms with van der Waals surface area (Å²) in [5, 5.41) is 12.6. The zero-order valence-corrected chi connectivity index (χ0v) is 22.4. The number of ether oxygens (including phenoxy) is 2. The smallest absolute Gasteiger partial charge is 0.416 e. The zero-order chi connectivity index (χ0) is 25.9. The van der Waals surface area contributed by atoms with Gasteiger partial charge in [-0.1, -0.05) is 12.1 Å². The molecule has 4 atom stereocenters. The van der Waals surface area contributed by atoms with E-state index in [1.807, 2.05) is 17.0 Å². The van der Waals surface area contributed by atoms with Crippen LogP contribution in [-0.4, -0.2) is 61.0 Å². The van der Waals surface area contributed by atoms with Crippen LogP contribution in [0.2, 0.25) is 0 Å². The van der Waals surface area contributed by atoms with Crippen molar-refractivity contribution in [3.63, 3.8) is 0 Å². The van der Waals surface area contributed by atoms with E-state index in [1.54, 1.807) is 19.1 Å². The van der Waals surface area contributed by atoms with Crippen molar-refractivity contribution in [1.29, 1.82) is 0 Å². The molecule has 212 valence electrons. The van der Waals surface area contributed by atoms with E-state index in [2.05, 4.69) is 5.32 Å². The molecule has 12 heteroatoms. The van der Waals surface area contributed by atoms with Crippen LogP contribution in [0.1, 0.15) is 23.6 Å². The van der Waals surface area contributed by atoms with E-state index in [4.69, 9.17) is 9.47 Å². The lowest BCUT2D eigenvalue weighted by Gasteiger charge is -2.22. The molecular weight excluding hydrogens is 551 g/mol. The van der Waals surface area contributed by atoms with E-state index in [-0.39, 0.29) is 43.3 Å². The second kappa shape index (κ2) is 13.8. The number of nitrogens with zero attached hydrogens (tertiary/aromatic N) is 1. The van der Waals surface area contributed by atoms with Crippen molar-refractivity contribution in [3.8, 4) is 5.75 Å². The molecule has 2 fully saturated rings. The molecule has 2 N–H and O–H groups in total. The van der Waals surface area contributed by atoms with Crippen LogP contribution in [0.25, 0.3) is 0 Å². The molecule has 6 nitrogen and oxygen atoms in total. The first-order valence-electron chi connectivity index (χ1n) is 12.0. The highest BCUT2D eigenvalue weighted by molar-refractivity contribution is 5.85. The highest BCUT2D eigenvalue weighted by atomic mass is 35.5. The number of hydrogen-bond acceptors (Lipinski definition) is 5. The number of halogens is 6. The Bertz CT molecular complexity index is 1050. The molecule has 38 heavy (non-hydrogen) atoms. The van der Waals surface area contributed by atoms with Gasteiger partial charge < -0.3 is 19.9 Å². The van der Waals surface area contributed by atoms with Crippen molar-refractivity contribution in [2.75, 3.05) is 32.8 Å². The summed E-state index contributed by atoms with van der Waals surface area (Å²) in [5.74, 6) is -0.219. The van der Waals surface area contributed by atoms with E-state index < -0.39 is 29.6 Å². The second-order valence-electron chi connectivity index (χ2n) is 9.28. The summed E-state index contributed by atoms with van der Waals surface area (Å²) in [7, 11) is 0. The molecule has 2 aliphatic rings. The number of aliphatic carboxylic acids is 1. The van der Waals surface area contributed by atoms with E-state index in [9.17, 15) is 27.5 Å². The average Bonchev–Trinajstić information content (AvgIpc) is 3.26. The number of hydrogen-bond donors (Lipinski definition) is 2. The molecule has 0 amide bonds. The molecule has 1 aliphatic carbocycles. The fourth-order valence-corrected chi connectivity index (χ4v) is 5.01. The number of likely N-dealkylation sites (tertiary alicyclic amines) is 1. The van der Waals surface area contributed by atoms with Crippen LogP contribution in [0.15, 0.2) is 42.5 Å². The predicted molar refractivity (Wildman–Crippen MR) is 139 cm³/mol. The molecule has 1 saturated heterocycles. The Kier molecular flexibility index (Phi) is 11.7. The highest BCUT2D eigenvalue weighted by Crippen LogP contribution is 2.46. The van der Waals surface area contributed by atoms with Gasteiger partial charge in [-0.25, -0.2) is 9.18 Å². The number of benzene rings is 2. The first-order valence-corrected chi connectivity index (χ1v) is 12.0. The molecular formula is C26H32Cl2F4N2O4. The van der Waals surface area contributed by atoms with Gasteiger partial charge in [-0.05, 0) is 60.2 Å². The fourth-order valence-electron chi connectivity index (χ4n) is 5.01. The quantitative estimate of drug-likeness (QED) is 0.276. The maximum Gasteiger partial charge on any atom is 0.416 e. The van der Waals surface area contributed by atoms with Gasteiger partial charge in [0.05, 0.1) is 5.56 Å². The molecule has 0 aromatic heterocycles. The first-order chi connectivity index (χ1) is 17.2. The molecule has 0 bridgehead atoms. The van der Waals surface area contributed by atoms with Gasteiger partial charge in [0.2, 0.25) is 0 Å².